The van der Waals surface area contributed by atoms with E-state index in [-0.39, 0.29) is 17.0 Å². The summed E-state index contributed by atoms with van der Waals surface area (Å²) in [5.74, 6) is -0.589. The van der Waals surface area contributed by atoms with Crippen LogP contribution in [0, 0.1) is 6.92 Å². The minimum Gasteiger partial charge on any atom is -0.338 e. The van der Waals surface area contributed by atoms with Gasteiger partial charge in [0.25, 0.3) is 5.91 Å². The van der Waals surface area contributed by atoms with Crippen LogP contribution in [0.4, 0.5) is 0 Å². The second-order valence-corrected chi connectivity index (χ2v) is 7.72. The van der Waals surface area contributed by atoms with E-state index in [0.29, 0.717) is 5.56 Å². The maximum absolute atomic E-state index is 12.2. The van der Waals surface area contributed by atoms with Crippen LogP contribution in [-0.4, -0.2) is 25.5 Å². The first kappa shape index (κ1) is 15.0. The molecule has 0 saturated heterocycles. The number of hydrogen-bond donors (Lipinski definition) is 1. The molecule has 0 aromatic heterocycles. The summed E-state index contributed by atoms with van der Waals surface area (Å²) in [5, 5.41) is 2.25. The molecule has 110 valence electrons. The highest BCUT2D eigenvalue weighted by atomic mass is 32.2. The number of hydrogen-bond acceptors (Lipinski definition) is 3. The molecule has 1 aromatic rings. The van der Waals surface area contributed by atoms with E-state index in [1.807, 2.05) is 19.1 Å². The number of aryl methyl sites for hydroxylation is 1. The third-order valence-corrected chi connectivity index (χ3v) is 5.84. The molecule has 4 nitrogen and oxygen atoms in total. The highest BCUT2D eigenvalue weighted by Crippen LogP contribution is 2.23. The lowest BCUT2D eigenvalue weighted by atomic mass is 10.0. The van der Waals surface area contributed by atoms with Crippen molar-refractivity contribution in [3.63, 3.8) is 0 Å². The van der Waals surface area contributed by atoms with Gasteiger partial charge in [0.1, 0.15) is 5.88 Å². The van der Waals surface area contributed by atoms with Gasteiger partial charge in [-0.05, 0) is 31.9 Å². The Balaban J connectivity index is 1.93. The molecule has 0 spiro atoms. The summed E-state index contributed by atoms with van der Waals surface area (Å²) >= 11 is 0. The fraction of sp³-hybridized carbons (Fsp3) is 0.533. The Hall–Kier alpha value is -1.36. The lowest BCUT2D eigenvalue weighted by Crippen LogP contribution is -2.36. The van der Waals surface area contributed by atoms with Crippen LogP contribution in [-0.2, 0) is 9.84 Å². The van der Waals surface area contributed by atoms with Gasteiger partial charge in [0.2, 0.25) is 0 Å². The molecule has 1 aliphatic rings. The predicted molar refractivity (Wildman–Crippen MR) is 79.3 cm³/mol. The lowest BCUT2D eigenvalue weighted by Gasteiger charge is -2.21. The van der Waals surface area contributed by atoms with Gasteiger partial charge in [-0.15, -0.1) is 0 Å². The molecule has 0 unspecified atom stereocenters. The maximum atomic E-state index is 12.2. The van der Waals surface area contributed by atoms with Crippen LogP contribution < -0.4 is 5.32 Å². The van der Waals surface area contributed by atoms with Crippen molar-refractivity contribution in [2.24, 2.45) is 0 Å². The van der Waals surface area contributed by atoms with Crippen molar-refractivity contribution in [1.29, 1.82) is 0 Å². The van der Waals surface area contributed by atoms with Crippen LogP contribution in [0.15, 0.2) is 24.3 Å². The largest absolute Gasteiger partial charge is 0.338 e. The molecule has 1 amide bonds. The Bertz CT molecular complexity index is 557. The van der Waals surface area contributed by atoms with E-state index in [1.54, 1.807) is 12.1 Å². The Morgan fingerprint density at radius 2 is 1.75 bits per heavy atom. The smallest absolute Gasteiger partial charge is 0.252 e. The third kappa shape index (κ3) is 3.82. The number of benzene rings is 1. The third-order valence-electron chi connectivity index (χ3n) is 3.81. The molecule has 0 heterocycles. The van der Waals surface area contributed by atoms with E-state index >= 15 is 0 Å². The van der Waals surface area contributed by atoms with Crippen molar-refractivity contribution < 1.29 is 13.2 Å². The van der Waals surface area contributed by atoms with Gasteiger partial charge >= 0.3 is 0 Å². The second kappa shape index (κ2) is 6.39. The van der Waals surface area contributed by atoms with E-state index in [4.69, 9.17) is 0 Å². The van der Waals surface area contributed by atoms with E-state index in [2.05, 4.69) is 5.32 Å². The first-order chi connectivity index (χ1) is 9.49. The summed E-state index contributed by atoms with van der Waals surface area (Å²) in [5.41, 5.74) is 1.56. The topological polar surface area (TPSA) is 63.2 Å². The summed E-state index contributed by atoms with van der Waals surface area (Å²) in [6.07, 6.45) is 4.50. The van der Waals surface area contributed by atoms with Crippen LogP contribution in [0.3, 0.4) is 0 Å². The number of amides is 1. The number of carbonyl (C=O) groups excluding carboxylic acids is 1. The molecule has 1 aliphatic carbocycles. The molecule has 1 aromatic carbocycles. The summed E-state index contributed by atoms with van der Waals surface area (Å²) in [7, 11) is -3.23. The quantitative estimate of drug-likeness (QED) is 0.928. The lowest BCUT2D eigenvalue weighted by molar-refractivity contribution is 0.0959. The standard InChI is InChI=1S/C15H21NO3S/c1-12-7-9-13(10-8-12)15(17)16-11-20(18,19)14-5-3-2-4-6-14/h7-10,14H,2-6,11H2,1H3,(H,16,17). The van der Waals surface area contributed by atoms with Gasteiger partial charge in [0.05, 0.1) is 5.25 Å². The zero-order valence-electron chi connectivity index (χ0n) is 11.8. The number of sulfone groups is 1. The molecule has 1 N–H and O–H groups in total. The molecule has 1 saturated carbocycles. The zero-order chi connectivity index (χ0) is 14.6. The molecule has 1 fully saturated rings. The van der Waals surface area contributed by atoms with Gasteiger partial charge in [0, 0.05) is 5.56 Å². The molecule has 0 atom stereocenters. The molecule has 0 aliphatic heterocycles. The van der Waals surface area contributed by atoms with Crippen molar-refractivity contribution in [1.82, 2.24) is 5.32 Å². The fourth-order valence-corrected chi connectivity index (χ4v) is 4.13. The summed E-state index contributed by atoms with van der Waals surface area (Å²) in [6, 6.07) is 7.09. The SMILES string of the molecule is Cc1ccc(C(=O)NCS(=O)(=O)C2CCCCC2)cc1. The Labute approximate surface area is 120 Å². The van der Waals surface area contributed by atoms with Gasteiger partial charge in [0.15, 0.2) is 9.84 Å². The van der Waals surface area contributed by atoms with Gasteiger partial charge < -0.3 is 5.32 Å². The predicted octanol–water partition coefficient (Wildman–Crippen LogP) is 2.43. The van der Waals surface area contributed by atoms with Crippen molar-refractivity contribution in [3.05, 3.63) is 35.4 Å². The monoisotopic (exact) mass is 295 g/mol. The van der Waals surface area contributed by atoms with Crippen LogP contribution in [0.2, 0.25) is 0 Å². The van der Waals surface area contributed by atoms with Crippen LogP contribution in [0.25, 0.3) is 0 Å². The minimum atomic E-state index is -3.23. The normalized spacial score (nSPS) is 16.9. The minimum absolute atomic E-state index is 0.260. The van der Waals surface area contributed by atoms with E-state index < -0.39 is 9.84 Å². The summed E-state index contributed by atoms with van der Waals surface area (Å²) in [6.45, 7) is 1.94. The molecule has 20 heavy (non-hydrogen) atoms. The summed E-state index contributed by atoms with van der Waals surface area (Å²) < 4.78 is 24.3. The molecule has 5 heteroatoms. The molecule has 0 radical (unpaired) electrons. The van der Waals surface area contributed by atoms with Gasteiger partial charge in [-0.2, -0.15) is 0 Å². The molecular weight excluding hydrogens is 274 g/mol. The first-order valence-electron chi connectivity index (χ1n) is 7.05. The van der Waals surface area contributed by atoms with Crippen LogP contribution in [0.1, 0.15) is 48.0 Å². The fourth-order valence-electron chi connectivity index (χ4n) is 2.52. The first-order valence-corrected chi connectivity index (χ1v) is 8.77. The molecule has 2 rings (SSSR count). The summed E-state index contributed by atoms with van der Waals surface area (Å²) in [4.78, 5) is 11.9. The van der Waals surface area contributed by atoms with Crippen molar-refractivity contribution in [3.8, 4) is 0 Å². The van der Waals surface area contributed by atoms with Gasteiger partial charge in [-0.1, -0.05) is 37.0 Å². The highest BCUT2D eigenvalue weighted by molar-refractivity contribution is 7.92. The Kier molecular flexibility index (Phi) is 4.81. The van der Waals surface area contributed by atoms with Crippen molar-refractivity contribution >= 4 is 15.7 Å². The van der Waals surface area contributed by atoms with Crippen molar-refractivity contribution in [2.45, 2.75) is 44.3 Å². The van der Waals surface area contributed by atoms with E-state index in [9.17, 15) is 13.2 Å². The Morgan fingerprint density at radius 1 is 1.15 bits per heavy atom. The van der Waals surface area contributed by atoms with Crippen LogP contribution in [0.5, 0.6) is 0 Å². The second-order valence-electron chi connectivity index (χ2n) is 5.44. The molecule has 0 bridgehead atoms. The van der Waals surface area contributed by atoms with Crippen molar-refractivity contribution in [2.75, 3.05) is 5.88 Å². The van der Waals surface area contributed by atoms with Gasteiger partial charge in [-0.3, -0.25) is 4.79 Å². The zero-order valence-corrected chi connectivity index (χ0v) is 12.6. The maximum Gasteiger partial charge on any atom is 0.252 e. The van der Waals surface area contributed by atoms with Crippen LogP contribution >= 0.6 is 0 Å². The average molecular weight is 295 g/mol. The number of nitrogens with one attached hydrogen (secondary N) is 1. The number of carbonyl (C=O) groups is 1. The van der Waals surface area contributed by atoms with E-state index in [1.165, 1.54) is 0 Å². The Morgan fingerprint density at radius 3 is 2.35 bits per heavy atom. The van der Waals surface area contributed by atoms with Gasteiger partial charge in [-0.25, -0.2) is 8.42 Å². The molecular formula is C15H21NO3S. The highest BCUT2D eigenvalue weighted by Gasteiger charge is 2.27. The van der Waals surface area contributed by atoms with E-state index in [0.717, 1.165) is 37.7 Å². The number of rotatable bonds is 4. The average Bonchev–Trinajstić information content (AvgIpc) is 2.46.